The van der Waals surface area contributed by atoms with E-state index >= 15 is 0 Å². The number of methoxy groups -OCH3 is 1. The molecule has 6 heterocycles. The molecule has 1 aromatic carbocycles. The molecule has 0 aliphatic carbocycles. The fourth-order valence-corrected chi connectivity index (χ4v) is 7.17. The van der Waals surface area contributed by atoms with E-state index in [2.05, 4.69) is 17.0 Å². The van der Waals surface area contributed by atoms with Crippen LogP contribution in [0.25, 0.3) is 43.7 Å². The molecule has 0 atom stereocenters. The van der Waals surface area contributed by atoms with Crippen molar-refractivity contribution in [1.29, 1.82) is 0 Å². The van der Waals surface area contributed by atoms with E-state index in [1.165, 1.54) is 29.5 Å². The first-order valence-corrected chi connectivity index (χ1v) is 16.0. The van der Waals surface area contributed by atoms with Gasteiger partial charge in [-0.25, -0.2) is 9.37 Å². The number of carbonyl (C=O) groups is 2. The summed E-state index contributed by atoms with van der Waals surface area (Å²) in [6.45, 7) is 6.50. The average Bonchev–Trinajstić information content (AvgIpc) is 3.85. The first-order chi connectivity index (χ1) is 22.5. The van der Waals surface area contributed by atoms with Gasteiger partial charge in [-0.3, -0.25) is 19.0 Å². The van der Waals surface area contributed by atoms with Crippen molar-refractivity contribution in [2.75, 3.05) is 40.0 Å². The molecule has 0 unspecified atom stereocenters. The number of halogens is 1. The van der Waals surface area contributed by atoms with E-state index < -0.39 is 5.82 Å². The second kappa shape index (κ2) is 12.5. The Kier molecular flexibility index (Phi) is 8.09. The molecule has 7 rings (SSSR count). The SMILES string of the molecule is C=CC(=O)N1CCC(n2cc(-c3nc(-c4cnn5c4C(=O)NCC5)c4ccsc4c3-c3ccc(F)cc3OCCOC)cn2)CC1. The zero-order chi connectivity index (χ0) is 31.8. The minimum atomic E-state index is -0.420. The predicted molar refractivity (Wildman–Crippen MR) is 172 cm³/mol. The number of hydrogen-bond acceptors (Lipinski definition) is 8. The molecule has 2 aliphatic rings. The van der Waals surface area contributed by atoms with Crippen LogP contribution in [0.15, 0.2) is 60.9 Å². The summed E-state index contributed by atoms with van der Waals surface area (Å²) in [6, 6.07) is 6.58. The summed E-state index contributed by atoms with van der Waals surface area (Å²) in [6.07, 6.45) is 8.31. The van der Waals surface area contributed by atoms with Crippen LogP contribution in [0.2, 0.25) is 0 Å². The lowest BCUT2D eigenvalue weighted by Gasteiger charge is -2.31. The fraction of sp³-hybridized carbons (Fsp3) is 0.303. The lowest BCUT2D eigenvalue weighted by molar-refractivity contribution is -0.127. The number of rotatable bonds is 9. The van der Waals surface area contributed by atoms with Gasteiger partial charge in [0.1, 0.15) is 23.9 Å². The molecule has 1 fully saturated rings. The number of nitrogens with one attached hydrogen (secondary N) is 1. The third-order valence-corrected chi connectivity index (χ3v) is 9.42. The number of benzene rings is 1. The Bertz CT molecular complexity index is 1960. The Balaban J connectivity index is 1.39. The highest BCUT2D eigenvalue weighted by molar-refractivity contribution is 7.18. The Labute approximate surface area is 268 Å². The van der Waals surface area contributed by atoms with Gasteiger partial charge in [-0.15, -0.1) is 11.3 Å². The van der Waals surface area contributed by atoms with Crippen molar-refractivity contribution < 1.29 is 23.5 Å². The highest BCUT2D eigenvalue weighted by atomic mass is 32.1. The van der Waals surface area contributed by atoms with Crippen molar-refractivity contribution in [2.24, 2.45) is 0 Å². The highest BCUT2D eigenvalue weighted by Crippen LogP contribution is 2.46. The fourth-order valence-electron chi connectivity index (χ4n) is 6.21. The van der Waals surface area contributed by atoms with E-state index in [4.69, 9.17) is 19.6 Å². The normalized spacial score (nSPS) is 15.2. The van der Waals surface area contributed by atoms with Crippen LogP contribution in [0.5, 0.6) is 5.75 Å². The Hall–Kier alpha value is -4.88. The molecule has 0 saturated carbocycles. The quantitative estimate of drug-likeness (QED) is 0.179. The molecule has 13 heteroatoms. The summed E-state index contributed by atoms with van der Waals surface area (Å²) in [5.74, 6) is -0.312. The molecule has 5 aromatic rings. The zero-order valence-corrected chi connectivity index (χ0v) is 26.1. The van der Waals surface area contributed by atoms with Gasteiger partial charge in [-0.2, -0.15) is 10.2 Å². The number of pyridine rings is 1. The van der Waals surface area contributed by atoms with Crippen molar-refractivity contribution in [3.8, 4) is 39.4 Å². The molecule has 1 N–H and O–H groups in total. The van der Waals surface area contributed by atoms with Crippen LogP contribution < -0.4 is 10.1 Å². The number of piperidine rings is 1. The smallest absolute Gasteiger partial charge is 0.270 e. The molecule has 46 heavy (non-hydrogen) atoms. The van der Waals surface area contributed by atoms with Crippen LogP contribution >= 0.6 is 11.3 Å². The number of fused-ring (bicyclic) bond motifs is 2. The van der Waals surface area contributed by atoms with Crippen LogP contribution in [0.1, 0.15) is 29.4 Å². The van der Waals surface area contributed by atoms with Crippen LogP contribution in [-0.4, -0.2) is 81.2 Å². The van der Waals surface area contributed by atoms with E-state index in [1.54, 1.807) is 35.2 Å². The second-order valence-electron chi connectivity index (χ2n) is 11.2. The molecule has 0 radical (unpaired) electrons. The molecule has 2 amide bonds. The van der Waals surface area contributed by atoms with Gasteiger partial charge in [0, 0.05) is 65.8 Å². The second-order valence-corrected chi connectivity index (χ2v) is 12.1. The van der Waals surface area contributed by atoms with Gasteiger partial charge in [-0.05, 0) is 42.5 Å². The van der Waals surface area contributed by atoms with E-state index in [1.807, 2.05) is 22.3 Å². The first kappa shape index (κ1) is 29.8. The molecule has 11 nitrogen and oxygen atoms in total. The molecular weight excluding hydrogens is 609 g/mol. The Morgan fingerprint density at radius 2 is 1.98 bits per heavy atom. The number of aromatic nitrogens is 5. The van der Waals surface area contributed by atoms with Crippen LogP contribution in [-0.2, 0) is 16.1 Å². The Morgan fingerprint density at radius 3 is 2.78 bits per heavy atom. The van der Waals surface area contributed by atoms with E-state index in [9.17, 15) is 14.0 Å². The van der Waals surface area contributed by atoms with Crippen molar-refractivity contribution in [3.05, 3.63) is 72.4 Å². The summed E-state index contributed by atoms with van der Waals surface area (Å²) in [5, 5.41) is 15.0. The van der Waals surface area contributed by atoms with Crippen LogP contribution in [0.4, 0.5) is 4.39 Å². The zero-order valence-electron chi connectivity index (χ0n) is 25.2. The predicted octanol–water partition coefficient (Wildman–Crippen LogP) is 4.95. The van der Waals surface area contributed by atoms with Crippen LogP contribution in [0.3, 0.4) is 0 Å². The van der Waals surface area contributed by atoms with Gasteiger partial charge in [0.05, 0.1) is 48.5 Å². The highest BCUT2D eigenvalue weighted by Gasteiger charge is 2.29. The summed E-state index contributed by atoms with van der Waals surface area (Å²) >= 11 is 1.53. The van der Waals surface area contributed by atoms with E-state index in [0.29, 0.717) is 66.7 Å². The molecule has 0 spiro atoms. The van der Waals surface area contributed by atoms with E-state index in [-0.39, 0.29) is 24.5 Å². The maximum atomic E-state index is 14.6. The Morgan fingerprint density at radius 1 is 1.13 bits per heavy atom. The number of nitrogens with zero attached hydrogens (tertiary/aromatic N) is 6. The van der Waals surface area contributed by atoms with Gasteiger partial charge in [0.15, 0.2) is 0 Å². The lowest BCUT2D eigenvalue weighted by Crippen LogP contribution is -2.38. The number of hydrogen-bond donors (Lipinski definition) is 1. The summed E-state index contributed by atoms with van der Waals surface area (Å²) in [5.41, 5.74) is 4.56. The topological polar surface area (TPSA) is 116 Å². The van der Waals surface area contributed by atoms with Gasteiger partial charge < -0.3 is 19.7 Å². The third kappa shape index (κ3) is 5.35. The minimum Gasteiger partial charge on any atom is -0.490 e. The summed E-state index contributed by atoms with van der Waals surface area (Å²) in [4.78, 5) is 32.2. The van der Waals surface area contributed by atoms with Gasteiger partial charge in [0.2, 0.25) is 5.91 Å². The molecule has 0 bridgehead atoms. The minimum absolute atomic E-state index is 0.0657. The monoisotopic (exact) mass is 641 g/mol. The maximum absolute atomic E-state index is 14.6. The molecular formula is C33H32FN7O4S. The molecule has 4 aromatic heterocycles. The maximum Gasteiger partial charge on any atom is 0.270 e. The lowest BCUT2D eigenvalue weighted by atomic mass is 9.96. The van der Waals surface area contributed by atoms with Gasteiger partial charge >= 0.3 is 0 Å². The van der Waals surface area contributed by atoms with Crippen molar-refractivity contribution in [1.82, 2.24) is 34.8 Å². The van der Waals surface area contributed by atoms with E-state index in [0.717, 1.165) is 34.1 Å². The number of thiophene rings is 1. The van der Waals surface area contributed by atoms with Crippen molar-refractivity contribution in [3.63, 3.8) is 0 Å². The van der Waals surface area contributed by atoms with Crippen molar-refractivity contribution >= 4 is 33.2 Å². The number of carbonyl (C=O) groups excluding carboxylic acids is 2. The first-order valence-electron chi connectivity index (χ1n) is 15.1. The number of amides is 2. The average molecular weight is 642 g/mol. The molecule has 236 valence electrons. The summed E-state index contributed by atoms with van der Waals surface area (Å²) in [7, 11) is 1.58. The van der Waals surface area contributed by atoms with Gasteiger partial charge in [0.25, 0.3) is 5.91 Å². The largest absolute Gasteiger partial charge is 0.490 e. The van der Waals surface area contributed by atoms with Crippen LogP contribution in [0, 0.1) is 5.82 Å². The molecule has 1 saturated heterocycles. The standard InChI is InChI=1S/C33H32FN7O4S/c1-3-27(42)39-10-6-22(7-11-39)41-19-20(17-36-41)29-28(23-5-4-21(34)16-26(23)45-14-13-44-2)32-24(8-15-46-32)30(38-29)25-18-37-40-12-9-35-33(43)31(25)40/h3-5,8,15-19,22H,1,6-7,9-14H2,2H3,(H,35,43). The molecule has 2 aliphatic heterocycles. The third-order valence-electron chi connectivity index (χ3n) is 8.48. The number of ether oxygens (including phenoxy) is 2. The number of likely N-dealkylation sites (tertiary alicyclic amines) is 1. The van der Waals surface area contributed by atoms with Crippen molar-refractivity contribution in [2.45, 2.75) is 25.4 Å². The summed E-state index contributed by atoms with van der Waals surface area (Å²) < 4.78 is 30.4. The van der Waals surface area contributed by atoms with Gasteiger partial charge in [-0.1, -0.05) is 6.58 Å².